The minimum Gasteiger partial charge on any atom is -0.502 e. The molecule has 0 radical (unpaired) electrons. The Hall–Kier alpha value is -1.58. The van der Waals surface area contributed by atoms with E-state index in [0.29, 0.717) is 40.6 Å². The van der Waals surface area contributed by atoms with Gasteiger partial charge in [0, 0.05) is 16.6 Å². The summed E-state index contributed by atoms with van der Waals surface area (Å²) >= 11 is 12.3. The summed E-state index contributed by atoms with van der Waals surface area (Å²) in [5.41, 5.74) is 1.76. The van der Waals surface area contributed by atoms with Crippen LogP contribution in [0.25, 0.3) is 0 Å². The Morgan fingerprint density at radius 1 is 1.14 bits per heavy atom. The third-order valence-corrected chi connectivity index (χ3v) is 4.65. The summed E-state index contributed by atoms with van der Waals surface area (Å²) in [5, 5.41) is 17.8. The van der Waals surface area contributed by atoms with Gasteiger partial charge in [-0.05, 0) is 49.2 Å². The minimum atomic E-state index is -0.0774. The molecule has 0 fully saturated rings. The highest BCUT2D eigenvalue weighted by molar-refractivity contribution is 14.0. The molecule has 1 atom stereocenters. The molecule has 0 amide bonds. The molecule has 29 heavy (non-hydrogen) atoms. The maximum atomic E-state index is 10.0. The zero-order valence-corrected chi connectivity index (χ0v) is 20.6. The van der Waals surface area contributed by atoms with Crippen molar-refractivity contribution in [2.45, 2.75) is 26.4 Å². The van der Waals surface area contributed by atoms with Crippen LogP contribution in [0.15, 0.2) is 35.3 Å². The summed E-state index contributed by atoms with van der Waals surface area (Å²) in [4.78, 5) is 4.61. The van der Waals surface area contributed by atoms with E-state index in [2.05, 4.69) is 15.6 Å². The number of halogens is 3. The van der Waals surface area contributed by atoms with Gasteiger partial charge in [-0.3, -0.25) is 0 Å². The van der Waals surface area contributed by atoms with Gasteiger partial charge in [0.25, 0.3) is 0 Å². The average Bonchev–Trinajstić information content (AvgIpc) is 2.66. The number of phenolic OH excluding ortho intramolecular Hbond substituents is 1. The minimum absolute atomic E-state index is 0. The van der Waals surface area contributed by atoms with Crippen LogP contribution in [0.4, 0.5) is 0 Å². The second-order valence-electron chi connectivity index (χ2n) is 6.08. The van der Waals surface area contributed by atoms with Gasteiger partial charge in [0.2, 0.25) is 5.75 Å². The van der Waals surface area contributed by atoms with Gasteiger partial charge in [0.1, 0.15) is 0 Å². The van der Waals surface area contributed by atoms with Gasteiger partial charge in [0.05, 0.1) is 26.8 Å². The summed E-state index contributed by atoms with van der Waals surface area (Å²) in [6.07, 6.45) is 0. The van der Waals surface area contributed by atoms with Gasteiger partial charge in [0.15, 0.2) is 17.5 Å². The first-order valence-corrected chi connectivity index (χ1v) is 9.58. The van der Waals surface area contributed by atoms with E-state index in [1.54, 1.807) is 24.3 Å². The number of benzene rings is 2. The number of nitrogens with zero attached hydrogens (tertiary/aromatic N) is 1. The van der Waals surface area contributed by atoms with Crippen LogP contribution in [-0.4, -0.2) is 31.8 Å². The van der Waals surface area contributed by atoms with Crippen molar-refractivity contribution < 1.29 is 14.6 Å². The Bertz CT molecular complexity index is 825. The molecular weight excluding hydrogens is 528 g/mol. The van der Waals surface area contributed by atoms with Crippen molar-refractivity contribution in [3.63, 3.8) is 0 Å². The molecular formula is C20H26Cl2IN3O3. The number of nitrogens with one attached hydrogen (secondary N) is 2. The predicted octanol–water partition coefficient (Wildman–Crippen LogP) is 5.15. The molecule has 1 unspecified atom stereocenters. The van der Waals surface area contributed by atoms with Crippen LogP contribution in [0.1, 0.15) is 31.0 Å². The summed E-state index contributed by atoms with van der Waals surface area (Å²) in [7, 11) is 2.98. The SMILES string of the molecule is CCNC(=NCc1cc(OC)c(O)c(OC)c1)NC(C)c1ccc(Cl)cc1Cl.I. The smallest absolute Gasteiger partial charge is 0.200 e. The number of hydrogen-bond acceptors (Lipinski definition) is 4. The molecule has 0 aliphatic carbocycles. The van der Waals surface area contributed by atoms with Gasteiger partial charge in [-0.2, -0.15) is 0 Å². The number of methoxy groups -OCH3 is 2. The van der Waals surface area contributed by atoms with E-state index < -0.39 is 0 Å². The molecule has 0 heterocycles. The molecule has 2 aromatic rings. The Morgan fingerprint density at radius 3 is 2.28 bits per heavy atom. The maximum Gasteiger partial charge on any atom is 0.200 e. The standard InChI is InChI=1S/C20H25Cl2N3O3.HI/c1-5-23-20(25-12(2)15-7-6-14(21)10-16(15)22)24-11-13-8-17(27-3)19(26)18(9-13)28-4;/h6-10,12,26H,5,11H2,1-4H3,(H2,23,24,25);1H. The Balaban J connectivity index is 0.00000420. The maximum absolute atomic E-state index is 10.0. The van der Waals surface area contributed by atoms with E-state index in [4.69, 9.17) is 32.7 Å². The average molecular weight is 554 g/mol. The van der Waals surface area contributed by atoms with Crippen molar-refractivity contribution in [2.24, 2.45) is 4.99 Å². The summed E-state index contributed by atoms with van der Waals surface area (Å²) < 4.78 is 10.4. The van der Waals surface area contributed by atoms with Gasteiger partial charge >= 0.3 is 0 Å². The van der Waals surface area contributed by atoms with Crippen molar-refractivity contribution in [3.05, 3.63) is 51.5 Å². The molecule has 0 bridgehead atoms. The second-order valence-corrected chi connectivity index (χ2v) is 6.92. The highest BCUT2D eigenvalue weighted by Crippen LogP contribution is 2.37. The summed E-state index contributed by atoms with van der Waals surface area (Å²) in [6.45, 7) is 5.05. The van der Waals surface area contributed by atoms with Gasteiger partial charge in [-0.1, -0.05) is 29.3 Å². The largest absolute Gasteiger partial charge is 0.502 e. The molecule has 0 aliphatic heterocycles. The number of aliphatic imine (C=N–C) groups is 1. The molecule has 0 spiro atoms. The number of ether oxygens (including phenoxy) is 2. The highest BCUT2D eigenvalue weighted by Gasteiger charge is 2.13. The van der Waals surface area contributed by atoms with Crippen LogP contribution in [0.5, 0.6) is 17.2 Å². The van der Waals surface area contributed by atoms with Gasteiger partial charge < -0.3 is 25.2 Å². The predicted molar refractivity (Wildman–Crippen MR) is 129 cm³/mol. The quantitative estimate of drug-likeness (QED) is 0.251. The van der Waals surface area contributed by atoms with Gasteiger partial charge in [-0.15, -0.1) is 24.0 Å². The molecule has 0 aromatic heterocycles. The first kappa shape index (κ1) is 25.5. The summed E-state index contributed by atoms with van der Waals surface area (Å²) in [5.74, 6) is 1.27. The lowest BCUT2D eigenvalue weighted by atomic mass is 10.1. The Kier molecular flexibility index (Phi) is 10.7. The van der Waals surface area contributed by atoms with Gasteiger partial charge in [-0.25, -0.2) is 4.99 Å². The van der Waals surface area contributed by atoms with Crippen LogP contribution in [0, 0.1) is 0 Å². The number of aromatic hydroxyl groups is 1. The fraction of sp³-hybridized carbons (Fsp3) is 0.350. The van der Waals surface area contributed by atoms with E-state index in [1.165, 1.54) is 14.2 Å². The van der Waals surface area contributed by atoms with E-state index in [9.17, 15) is 5.11 Å². The van der Waals surface area contributed by atoms with E-state index in [0.717, 1.165) is 11.1 Å². The lowest BCUT2D eigenvalue weighted by Gasteiger charge is -2.19. The lowest BCUT2D eigenvalue weighted by Crippen LogP contribution is -2.38. The third-order valence-electron chi connectivity index (χ3n) is 4.09. The third kappa shape index (κ3) is 7.01. The van der Waals surface area contributed by atoms with Crippen molar-refractivity contribution in [3.8, 4) is 17.2 Å². The zero-order valence-electron chi connectivity index (χ0n) is 16.8. The number of guanidine groups is 1. The van der Waals surface area contributed by atoms with E-state index >= 15 is 0 Å². The molecule has 2 aromatic carbocycles. The molecule has 160 valence electrons. The summed E-state index contributed by atoms with van der Waals surface area (Å²) in [6, 6.07) is 8.79. The van der Waals surface area contributed by atoms with Crippen molar-refractivity contribution in [1.29, 1.82) is 0 Å². The first-order valence-electron chi connectivity index (χ1n) is 8.83. The topological polar surface area (TPSA) is 75.1 Å². The molecule has 0 aliphatic rings. The normalized spacial score (nSPS) is 12.0. The zero-order chi connectivity index (χ0) is 20.7. The fourth-order valence-electron chi connectivity index (χ4n) is 2.66. The fourth-order valence-corrected chi connectivity index (χ4v) is 3.24. The van der Waals surface area contributed by atoms with Crippen molar-refractivity contribution in [1.82, 2.24) is 10.6 Å². The lowest BCUT2D eigenvalue weighted by molar-refractivity contribution is 0.339. The Labute approximate surface area is 198 Å². The van der Waals surface area contributed by atoms with E-state index in [1.807, 2.05) is 19.9 Å². The van der Waals surface area contributed by atoms with Crippen molar-refractivity contribution in [2.75, 3.05) is 20.8 Å². The van der Waals surface area contributed by atoms with Crippen LogP contribution < -0.4 is 20.1 Å². The first-order chi connectivity index (χ1) is 13.4. The number of phenols is 1. The molecule has 9 heteroatoms. The van der Waals surface area contributed by atoms with Crippen molar-refractivity contribution >= 4 is 53.1 Å². The number of hydrogen-bond donors (Lipinski definition) is 3. The molecule has 6 nitrogen and oxygen atoms in total. The van der Waals surface area contributed by atoms with Crippen LogP contribution in [0.3, 0.4) is 0 Å². The van der Waals surface area contributed by atoms with E-state index in [-0.39, 0.29) is 35.8 Å². The number of rotatable bonds is 7. The van der Waals surface area contributed by atoms with Crippen LogP contribution in [0.2, 0.25) is 10.0 Å². The highest BCUT2D eigenvalue weighted by atomic mass is 127. The second kappa shape index (κ2) is 12.2. The monoisotopic (exact) mass is 553 g/mol. The molecule has 3 N–H and O–H groups in total. The molecule has 2 rings (SSSR count). The van der Waals surface area contributed by atoms with Crippen LogP contribution >= 0.6 is 47.2 Å². The molecule has 0 saturated carbocycles. The molecule has 0 saturated heterocycles. The van der Waals surface area contributed by atoms with Crippen LogP contribution in [-0.2, 0) is 6.54 Å². The Morgan fingerprint density at radius 2 is 1.76 bits per heavy atom.